The fourth-order valence-corrected chi connectivity index (χ4v) is 1.86. The van der Waals surface area contributed by atoms with E-state index < -0.39 is 12.1 Å². The molecule has 1 amide bonds. The van der Waals surface area contributed by atoms with E-state index in [1.165, 1.54) is 0 Å². The van der Waals surface area contributed by atoms with E-state index in [1.807, 2.05) is 0 Å². The summed E-state index contributed by atoms with van der Waals surface area (Å²) < 4.78 is 36.0. The molecular weight excluding hydrogens is 217 g/mol. The van der Waals surface area contributed by atoms with Crippen LogP contribution in [0, 0.1) is 0 Å². The lowest BCUT2D eigenvalue weighted by molar-refractivity contribution is -0.186. The molecule has 0 aliphatic carbocycles. The summed E-state index contributed by atoms with van der Waals surface area (Å²) in [4.78, 5) is 11.6. The van der Waals surface area contributed by atoms with Crippen molar-refractivity contribution in [2.24, 2.45) is 5.14 Å². The standard InChI is InChI=1S/C7H11F3N2OS/c8-7(9,10)6(13)12-3-1-5(14-11)2-4-12/h5H,1-4,11H2. The Morgan fingerprint density at radius 3 is 2.21 bits per heavy atom. The van der Waals surface area contributed by atoms with Crippen LogP contribution >= 0.6 is 11.9 Å². The van der Waals surface area contributed by atoms with Gasteiger partial charge in [0.25, 0.3) is 0 Å². The number of amides is 1. The van der Waals surface area contributed by atoms with E-state index in [0.717, 1.165) is 16.8 Å². The summed E-state index contributed by atoms with van der Waals surface area (Å²) >= 11 is 1.15. The summed E-state index contributed by atoms with van der Waals surface area (Å²) in [6, 6.07) is 0. The van der Waals surface area contributed by atoms with Crippen molar-refractivity contribution in [2.75, 3.05) is 13.1 Å². The van der Waals surface area contributed by atoms with E-state index in [2.05, 4.69) is 0 Å². The molecule has 1 heterocycles. The number of likely N-dealkylation sites (tertiary alicyclic amines) is 1. The van der Waals surface area contributed by atoms with E-state index in [1.54, 1.807) is 0 Å². The number of alkyl halides is 3. The largest absolute Gasteiger partial charge is 0.471 e. The molecule has 0 saturated carbocycles. The zero-order valence-corrected chi connectivity index (χ0v) is 8.20. The second kappa shape index (κ2) is 4.39. The fourth-order valence-electron chi connectivity index (χ4n) is 1.37. The molecule has 0 aromatic rings. The molecular formula is C7H11F3N2OS. The Hall–Kier alpha value is -0.430. The molecule has 3 nitrogen and oxygen atoms in total. The molecule has 0 atom stereocenters. The van der Waals surface area contributed by atoms with Gasteiger partial charge in [-0.05, 0) is 12.8 Å². The van der Waals surface area contributed by atoms with Gasteiger partial charge in [0.1, 0.15) is 0 Å². The molecule has 2 N–H and O–H groups in total. The average Bonchev–Trinajstić information content (AvgIpc) is 2.15. The summed E-state index contributed by atoms with van der Waals surface area (Å²) in [5.74, 6) is -1.74. The van der Waals surface area contributed by atoms with Crippen LogP contribution in [0.15, 0.2) is 0 Å². The van der Waals surface area contributed by atoms with Gasteiger partial charge in [-0.15, -0.1) is 0 Å². The molecule has 1 saturated heterocycles. The van der Waals surface area contributed by atoms with Gasteiger partial charge in [0.2, 0.25) is 0 Å². The summed E-state index contributed by atoms with van der Waals surface area (Å²) in [5, 5.41) is 5.47. The molecule has 0 aromatic heterocycles. The normalized spacial score (nSPS) is 19.9. The first-order valence-corrected chi connectivity index (χ1v) is 5.11. The predicted octanol–water partition coefficient (Wildman–Crippen LogP) is 1.15. The molecule has 82 valence electrons. The van der Waals surface area contributed by atoms with Crippen LogP contribution in [0.4, 0.5) is 13.2 Å². The molecule has 1 aliphatic heterocycles. The van der Waals surface area contributed by atoms with Crippen LogP contribution in [-0.2, 0) is 4.79 Å². The van der Waals surface area contributed by atoms with Gasteiger partial charge in [0, 0.05) is 18.3 Å². The lowest BCUT2D eigenvalue weighted by Crippen LogP contribution is -2.46. The monoisotopic (exact) mass is 228 g/mol. The van der Waals surface area contributed by atoms with Gasteiger partial charge < -0.3 is 4.90 Å². The number of hydrogen-bond acceptors (Lipinski definition) is 3. The first kappa shape index (κ1) is 11.6. The minimum Gasteiger partial charge on any atom is -0.335 e. The van der Waals surface area contributed by atoms with Crippen molar-refractivity contribution in [3.63, 3.8) is 0 Å². The van der Waals surface area contributed by atoms with Crippen LogP contribution in [0.1, 0.15) is 12.8 Å². The van der Waals surface area contributed by atoms with Crippen LogP contribution in [-0.4, -0.2) is 35.3 Å². The van der Waals surface area contributed by atoms with Crippen LogP contribution < -0.4 is 5.14 Å². The lowest BCUT2D eigenvalue weighted by atomic mass is 10.1. The summed E-state index contributed by atoms with van der Waals surface area (Å²) in [5.41, 5.74) is 0. The number of halogens is 3. The van der Waals surface area contributed by atoms with Crippen LogP contribution in [0.3, 0.4) is 0 Å². The smallest absolute Gasteiger partial charge is 0.335 e. The van der Waals surface area contributed by atoms with Crippen molar-refractivity contribution >= 4 is 17.9 Å². The SMILES string of the molecule is NSC1CCN(C(=O)C(F)(F)F)CC1. The third-order valence-corrected chi connectivity index (χ3v) is 3.02. The highest BCUT2D eigenvalue weighted by Crippen LogP contribution is 2.24. The highest BCUT2D eigenvalue weighted by molar-refractivity contribution is 7.97. The Balaban J connectivity index is 2.46. The molecule has 1 aliphatic rings. The van der Waals surface area contributed by atoms with E-state index in [0.29, 0.717) is 12.8 Å². The van der Waals surface area contributed by atoms with Crippen molar-refractivity contribution in [2.45, 2.75) is 24.3 Å². The zero-order chi connectivity index (χ0) is 10.8. The van der Waals surface area contributed by atoms with E-state index in [4.69, 9.17) is 5.14 Å². The van der Waals surface area contributed by atoms with Gasteiger partial charge in [-0.25, -0.2) is 0 Å². The first-order valence-electron chi connectivity index (χ1n) is 4.17. The quantitative estimate of drug-likeness (QED) is 0.685. The first-order chi connectivity index (χ1) is 6.45. The Labute approximate surface area is 83.9 Å². The number of carbonyl (C=O) groups excluding carboxylic acids is 1. The van der Waals surface area contributed by atoms with E-state index in [-0.39, 0.29) is 18.3 Å². The number of carbonyl (C=O) groups is 1. The maximum atomic E-state index is 12.0. The van der Waals surface area contributed by atoms with Crippen molar-refractivity contribution in [1.82, 2.24) is 4.90 Å². The summed E-state index contributed by atoms with van der Waals surface area (Å²) in [6.07, 6.45) is -3.69. The van der Waals surface area contributed by atoms with Gasteiger partial charge in [-0.1, -0.05) is 11.9 Å². The number of hydrogen-bond donors (Lipinski definition) is 1. The van der Waals surface area contributed by atoms with Gasteiger partial charge in [0.05, 0.1) is 0 Å². The maximum Gasteiger partial charge on any atom is 0.471 e. The van der Waals surface area contributed by atoms with Crippen LogP contribution in [0.5, 0.6) is 0 Å². The number of piperidine rings is 1. The molecule has 0 spiro atoms. The third kappa shape index (κ3) is 2.78. The summed E-state index contributed by atoms with van der Waals surface area (Å²) in [7, 11) is 0. The minimum absolute atomic E-state index is 0.146. The Kier molecular flexibility index (Phi) is 3.65. The van der Waals surface area contributed by atoms with E-state index in [9.17, 15) is 18.0 Å². The van der Waals surface area contributed by atoms with Crippen LogP contribution in [0.2, 0.25) is 0 Å². The molecule has 7 heteroatoms. The van der Waals surface area contributed by atoms with Crippen molar-refractivity contribution in [3.8, 4) is 0 Å². The van der Waals surface area contributed by atoms with Crippen molar-refractivity contribution < 1.29 is 18.0 Å². The molecule has 0 bridgehead atoms. The number of rotatable bonds is 1. The minimum atomic E-state index is -4.75. The van der Waals surface area contributed by atoms with Crippen molar-refractivity contribution in [1.29, 1.82) is 0 Å². The second-order valence-corrected chi connectivity index (χ2v) is 4.06. The predicted molar refractivity (Wildman–Crippen MR) is 47.4 cm³/mol. The molecule has 14 heavy (non-hydrogen) atoms. The molecule has 0 aromatic carbocycles. The van der Waals surface area contributed by atoms with Gasteiger partial charge in [0.15, 0.2) is 0 Å². The zero-order valence-electron chi connectivity index (χ0n) is 7.38. The van der Waals surface area contributed by atoms with E-state index >= 15 is 0 Å². The molecule has 0 unspecified atom stereocenters. The highest BCUT2D eigenvalue weighted by atomic mass is 32.2. The number of nitrogens with zero attached hydrogens (tertiary/aromatic N) is 1. The number of nitrogens with two attached hydrogens (primary N) is 1. The van der Waals surface area contributed by atoms with Gasteiger partial charge >= 0.3 is 12.1 Å². The van der Waals surface area contributed by atoms with Gasteiger partial charge in [-0.3, -0.25) is 9.93 Å². The summed E-state index contributed by atoms with van der Waals surface area (Å²) in [6.45, 7) is 0.292. The Morgan fingerprint density at radius 2 is 1.86 bits per heavy atom. The second-order valence-electron chi connectivity index (χ2n) is 3.13. The average molecular weight is 228 g/mol. The van der Waals surface area contributed by atoms with Gasteiger partial charge in [-0.2, -0.15) is 13.2 Å². The molecule has 1 fully saturated rings. The third-order valence-electron chi connectivity index (χ3n) is 2.16. The van der Waals surface area contributed by atoms with Crippen molar-refractivity contribution in [3.05, 3.63) is 0 Å². The molecule has 1 rings (SSSR count). The Bertz CT molecular complexity index is 213. The van der Waals surface area contributed by atoms with Crippen LogP contribution in [0.25, 0.3) is 0 Å². The highest BCUT2D eigenvalue weighted by Gasteiger charge is 2.43. The topological polar surface area (TPSA) is 46.3 Å². The maximum absolute atomic E-state index is 12.0. The molecule has 0 radical (unpaired) electrons. The Morgan fingerprint density at radius 1 is 1.36 bits per heavy atom. The fraction of sp³-hybridized carbons (Fsp3) is 0.857. The lowest BCUT2D eigenvalue weighted by Gasteiger charge is -2.31.